The largest absolute Gasteiger partial charge is 0.488 e. The minimum atomic E-state index is -0.845. The second-order valence-electron chi connectivity index (χ2n) is 6.82. The molecule has 0 saturated carbocycles. The zero-order chi connectivity index (χ0) is 22.1. The highest BCUT2D eigenvalue weighted by Crippen LogP contribution is 2.18. The summed E-state index contributed by atoms with van der Waals surface area (Å²) in [6.45, 7) is 2.60. The summed E-state index contributed by atoms with van der Waals surface area (Å²) in [5.74, 6) is -1.01. The highest BCUT2D eigenvalue weighted by molar-refractivity contribution is 6.35. The van der Waals surface area contributed by atoms with Crippen molar-refractivity contribution in [3.63, 3.8) is 0 Å². The molecule has 0 aliphatic heterocycles. The molecular formula is C24H22ClN3O3. The van der Waals surface area contributed by atoms with Gasteiger partial charge in [0.25, 0.3) is 0 Å². The van der Waals surface area contributed by atoms with Crippen molar-refractivity contribution in [2.24, 2.45) is 5.10 Å². The third-order valence-corrected chi connectivity index (χ3v) is 4.63. The highest BCUT2D eigenvalue weighted by atomic mass is 35.5. The third kappa shape index (κ3) is 6.97. The fraction of sp³-hybridized carbons (Fsp3) is 0.125. The van der Waals surface area contributed by atoms with Crippen LogP contribution >= 0.6 is 11.6 Å². The maximum atomic E-state index is 12.0. The van der Waals surface area contributed by atoms with Crippen LogP contribution in [0.4, 0.5) is 0 Å². The molecule has 0 aliphatic carbocycles. The summed E-state index contributed by atoms with van der Waals surface area (Å²) in [4.78, 5) is 23.9. The lowest BCUT2D eigenvalue weighted by atomic mass is 10.1. The Hall–Kier alpha value is -3.64. The number of hydrazone groups is 1. The number of rotatable bonds is 7. The molecule has 0 radical (unpaired) electrons. The number of carbonyl (C=O) groups is 2. The maximum absolute atomic E-state index is 12.0. The second kappa shape index (κ2) is 10.9. The van der Waals surface area contributed by atoms with E-state index in [2.05, 4.69) is 15.8 Å². The van der Waals surface area contributed by atoms with E-state index in [1.807, 2.05) is 55.5 Å². The number of nitrogens with one attached hydrogen (secondary N) is 2. The van der Waals surface area contributed by atoms with Gasteiger partial charge in [-0.05, 0) is 42.3 Å². The summed E-state index contributed by atoms with van der Waals surface area (Å²) < 4.78 is 5.84. The van der Waals surface area contributed by atoms with E-state index >= 15 is 0 Å². The molecular weight excluding hydrogens is 414 g/mol. The van der Waals surface area contributed by atoms with Crippen LogP contribution in [0.2, 0.25) is 5.02 Å². The van der Waals surface area contributed by atoms with Crippen LogP contribution in [0.15, 0.2) is 77.9 Å². The number of nitrogens with zero attached hydrogens (tertiary/aromatic N) is 1. The van der Waals surface area contributed by atoms with Crippen molar-refractivity contribution >= 4 is 29.6 Å². The van der Waals surface area contributed by atoms with E-state index in [0.29, 0.717) is 22.9 Å². The van der Waals surface area contributed by atoms with E-state index in [1.54, 1.807) is 24.3 Å². The van der Waals surface area contributed by atoms with Crippen molar-refractivity contribution in [1.82, 2.24) is 10.7 Å². The predicted octanol–water partition coefficient (Wildman–Crippen LogP) is 3.99. The quantitative estimate of drug-likeness (QED) is 0.334. The Bertz CT molecular complexity index is 1060. The first-order chi connectivity index (χ1) is 15.0. The summed E-state index contributed by atoms with van der Waals surface area (Å²) in [7, 11) is 0. The zero-order valence-corrected chi connectivity index (χ0v) is 17.7. The lowest BCUT2D eigenvalue weighted by molar-refractivity contribution is -0.139. The molecule has 6 nitrogen and oxygen atoms in total. The van der Waals surface area contributed by atoms with Crippen LogP contribution in [0.5, 0.6) is 5.75 Å². The average molecular weight is 436 g/mol. The number of halogens is 1. The first-order valence-electron chi connectivity index (χ1n) is 9.64. The molecule has 3 aromatic carbocycles. The fourth-order valence-electron chi connectivity index (χ4n) is 2.64. The van der Waals surface area contributed by atoms with E-state index < -0.39 is 11.8 Å². The van der Waals surface area contributed by atoms with Crippen molar-refractivity contribution in [3.05, 3.63) is 100 Å². The molecule has 0 bridgehead atoms. The monoisotopic (exact) mass is 435 g/mol. The average Bonchev–Trinajstić information content (AvgIpc) is 2.78. The molecule has 0 unspecified atom stereocenters. The minimum absolute atomic E-state index is 0.262. The van der Waals surface area contributed by atoms with Gasteiger partial charge in [-0.15, -0.1) is 0 Å². The molecule has 2 amide bonds. The molecule has 0 aliphatic rings. The van der Waals surface area contributed by atoms with Crippen molar-refractivity contribution < 1.29 is 14.3 Å². The third-order valence-electron chi connectivity index (χ3n) is 4.38. The molecule has 0 spiro atoms. The Morgan fingerprint density at radius 1 is 0.935 bits per heavy atom. The van der Waals surface area contributed by atoms with Gasteiger partial charge in [-0.1, -0.05) is 65.7 Å². The first-order valence-corrected chi connectivity index (χ1v) is 10.0. The van der Waals surface area contributed by atoms with Gasteiger partial charge in [0.2, 0.25) is 0 Å². The van der Waals surface area contributed by atoms with Crippen LogP contribution in [-0.2, 0) is 22.7 Å². The van der Waals surface area contributed by atoms with Gasteiger partial charge in [-0.25, -0.2) is 5.43 Å². The second-order valence-corrected chi connectivity index (χ2v) is 7.26. The van der Waals surface area contributed by atoms with Crippen LogP contribution in [-0.4, -0.2) is 18.0 Å². The van der Waals surface area contributed by atoms with Gasteiger partial charge in [0, 0.05) is 17.1 Å². The lowest BCUT2D eigenvalue weighted by Crippen LogP contribution is -2.37. The fourth-order valence-corrected chi connectivity index (χ4v) is 2.77. The smallest absolute Gasteiger partial charge is 0.329 e. The van der Waals surface area contributed by atoms with Crippen LogP contribution in [0, 0.1) is 6.92 Å². The van der Waals surface area contributed by atoms with Crippen LogP contribution in [0.25, 0.3) is 0 Å². The number of hydrogen-bond donors (Lipinski definition) is 2. The van der Waals surface area contributed by atoms with Gasteiger partial charge < -0.3 is 10.1 Å². The highest BCUT2D eigenvalue weighted by Gasteiger charge is 2.12. The molecule has 7 heteroatoms. The van der Waals surface area contributed by atoms with Gasteiger partial charge >= 0.3 is 11.8 Å². The molecule has 158 valence electrons. The van der Waals surface area contributed by atoms with Gasteiger partial charge in [-0.3, -0.25) is 9.59 Å². The molecule has 31 heavy (non-hydrogen) atoms. The van der Waals surface area contributed by atoms with E-state index in [0.717, 1.165) is 16.7 Å². The Morgan fingerprint density at radius 2 is 1.61 bits per heavy atom. The summed E-state index contributed by atoms with van der Waals surface area (Å²) in [5.41, 5.74) is 5.89. The molecule has 3 aromatic rings. The molecule has 2 N–H and O–H groups in total. The van der Waals surface area contributed by atoms with Crippen molar-refractivity contribution in [3.8, 4) is 5.75 Å². The molecule has 0 aromatic heterocycles. The minimum Gasteiger partial charge on any atom is -0.488 e. The van der Waals surface area contributed by atoms with Gasteiger partial charge in [0.05, 0.1) is 6.21 Å². The molecule has 0 saturated heterocycles. The Balaban J connectivity index is 1.51. The Kier molecular flexibility index (Phi) is 7.79. The summed E-state index contributed by atoms with van der Waals surface area (Å²) >= 11 is 5.89. The number of hydrogen-bond acceptors (Lipinski definition) is 4. The van der Waals surface area contributed by atoms with E-state index in [-0.39, 0.29) is 6.54 Å². The zero-order valence-electron chi connectivity index (χ0n) is 17.0. The maximum Gasteiger partial charge on any atom is 0.329 e. The first kappa shape index (κ1) is 22.1. The Morgan fingerprint density at radius 3 is 2.35 bits per heavy atom. The number of benzene rings is 3. The van der Waals surface area contributed by atoms with E-state index in [1.165, 1.54) is 6.21 Å². The van der Waals surface area contributed by atoms with Gasteiger partial charge in [-0.2, -0.15) is 5.10 Å². The summed E-state index contributed by atoms with van der Waals surface area (Å²) in [6.07, 6.45) is 1.43. The molecule has 0 heterocycles. The van der Waals surface area contributed by atoms with E-state index in [4.69, 9.17) is 16.3 Å². The molecule has 0 atom stereocenters. The number of carbonyl (C=O) groups excluding carboxylic acids is 2. The standard InChI is InChI=1S/C24H22ClN3O3/c1-17-6-8-18(9-7-17)14-26-23(29)24(30)28-27-15-20-4-2-3-5-22(20)31-16-19-10-12-21(25)13-11-19/h2-13,15H,14,16H2,1H3,(H,26,29)(H,28,30)/b27-15-. The summed E-state index contributed by atoms with van der Waals surface area (Å²) in [5, 5.41) is 7.10. The van der Waals surface area contributed by atoms with Crippen LogP contribution in [0.3, 0.4) is 0 Å². The van der Waals surface area contributed by atoms with Gasteiger partial charge in [0.1, 0.15) is 12.4 Å². The Labute approximate surface area is 185 Å². The lowest BCUT2D eigenvalue weighted by Gasteiger charge is -2.09. The predicted molar refractivity (Wildman–Crippen MR) is 121 cm³/mol. The molecule has 0 fully saturated rings. The summed E-state index contributed by atoms with van der Waals surface area (Å²) in [6, 6.07) is 22.3. The van der Waals surface area contributed by atoms with Gasteiger partial charge in [0.15, 0.2) is 0 Å². The normalized spacial score (nSPS) is 10.6. The number of amides is 2. The van der Waals surface area contributed by atoms with Crippen molar-refractivity contribution in [1.29, 1.82) is 0 Å². The van der Waals surface area contributed by atoms with Crippen LogP contribution < -0.4 is 15.5 Å². The van der Waals surface area contributed by atoms with Crippen LogP contribution in [0.1, 0.15) is 22.3 Å². The van der Waals surface area contributed by atoms with Crippen molar-refractivity contribution in [2.45, 2.75) is 20.1 Å². The molecule has 3 rings (SSSR count). The van der Waals surface area contributed by atoms with Crippen molar-refractivity contribution in [2.75, 3.05) is 0 Å². The van der Waals surface area contributed by atoms with E-state index in [9.17, 15) is 9.59 Å². The SMILES string of the molecule is Cc1ccc(CNC(=O)C(=O)N/N=C\c2ccccc2OCc2ccc(Cl)cc2)cc1. The number of ether oxygens (including phenoxy) is 1. The number of para-hydroxylation sites is 1. The topological polar surface area (TPSA) is 79.8 Å². The number of aryl methyl sites for hydroxylation is 1.